The molecule has 1 heterocycles. The van der Waals surface area contributed by atoms with Gasteiger partial charge in [-0.05, 0) is 24.1 Å². The third kappa shape index (κ3) is 2.21. The van der Waals surface area contributed by atoms with Crippen LogP contribution >= 0.6 is 0 Å². The Bertz CT molecular complexity index is 742. The first-order chi connectivity index (χ1) is 10.6. The van der Waals surface area contributed by atoms with Crippen LogP contribution in [0.4, 0.5) is 5.69 Å². The third-order valence-electron chi connectivity index (χ3n) is 3.71. The molecule has 1 aliphatic rings. The van der Waals surface area contributed by atoms with E-state index in [9.17, 15) is 15.1 Å². The zero-order chi connectivity index (χ0) is 15.7. The summed E-state index contributed by atoms with van der Waals surface area (Å²) in [4.78, 5) is 12.3. The lowest BCUT2D eigenvalue weighted by molar-refractivity contribution is -0.0855. The maximum atomic E-state index is 12.3. The molecular weight excluding hydrogens is 280 g/mol. The number of benzene rings is 2. The summed E-state index contributed by atoms with van der Waals surface area (Å²) in [5.41, 5.74) is 2.14. The second kappa shape index (κ2) is 5.54. The van der Waals surface area contributed by atoms with E-state index in [2.05, 4.69) is 11.9 Å². The molecule has 5 nitrogen and oxygen atoms in total. The van der Waals surface area contributed by atoms with Crippen molar-refractivity contribution in [2.75, 3.05) is 5.32 Å². The number of nitrogens with zero attached hydrogens (tertiary/aromatic N) is 1. The molecule has 0 unspecified atom stereocenters. The van der Waals surface area contributed by atoms with E-state index in [0.29, 0.717) is 33.9 Å². The van der Waals surface area contributed by atoms with Crippen LogP contribution in [0.2, 0.25) is 0 Å². The molecule has 0 fully saturated rings. The van der Waals surface area contributed by atoms with E-state index in [1.54, 1.807) is 48.5 Å². The Balaban J connectivity index is 2.05. The summed E-state index contributed by atoms with van der Waals surface area (Å²) in [5, 5.41) is 24.2. The number of nitrogens with one attached hydrogen (secondary N) is 1. The molecule has 2 aromatic carbocycles. The van der Waals surface area contributed by atoms with Gasteiger partial charge in [0.15, 0.2) is 6.17 Å². The van der Waals surface area contributed by atoms with Gasteiger partial charge in [0.2, 0.25) is 0 Å². The largest absolute Gasteiger partial charge is 0.507 e. The van der Waals surface area contributed by atoms with Gasteiger partial charge < -0.3 is 10.4 Å². The van der Waals surface area contributed by atoms with E-state index in [-0.39, 0.29) is 5.75 Å². The molecule has 0 saturated heterocycles. The summed E-state index contributed by atoms with van der Waals surface area (Å²) in [6.07, 6.45) is 1.35. The molecule has 1 amide bonds. The maximum absolute atomic E-state index is 12.3. The van der Waals surface area contributed by atoms with Gasteiger partial charge in [-0.15, -0.1) is 6.58 Å². The van der Waals surface area contributed by atoms with Gasteiger partial charge in [0.1, 0.15) is 5.75 Å². The molecule has 0 aliphatic carbocycles. The molecule has 22 heavy (non-hydrogen) atoms. The summed E-state index contributed by atoms with van der Waals surface area (Å²) in [6.45, 7) is 3.66. The Morgan fingerprint density at radius 1 is 1.23 bits per heavy atom. The molecule has 2 aromatic rings. The van der Waals surface area contributed by atoms with Crippen molar-refractivity contribution in [1.29, 1.82) is 0 Å². The smallest absolute Gasteiger partial charge is 0.281 e. The highest BCUT2D eigenvalue weighted by molar-refractivity contribution is 6.01. The standard InChI is InChI=1S/C17H16N2O3/c1-2-6-11-7-5-9-13(15(11)20)16-18-14-10-4-3-8-12(14)17(21)19(16)22/h2-5,7-10,16,18,20,22H,1,6H2/t16-/m1/s1. The predicted molar refractivity (Wildman–Crippen MR) is 82.8 cm³/mol. The summed E-state index contributed by atoms with van der Waals surface area (Å²) in [7, 11) is 0. The van der Waals surface area contributed by atoms with Crippen molar-refractivity contribution in [1.82, 2.24) is 5.06 Å². The van der Waals surface area contributed by atoms with Crippen molar-refractivity contribution in [3.05, 3.63) is 71.8 Å². The van der Waals surface area contributed by atoms with Crippen LogP contribution in [0.25, 0.3) is 0 Å². The number of rotatable bonds is 3. The normalized spacial score (nSPS) is 16.9. The van der Waals surface area contributed by atoms with Gasteiger partial charge in [-0.1, -0.05) is 36.4 Å². The number of anilines is 1. The molecule has 0 aromatic heterocycles. The Morgan fingerprint density at radius 2 is 2.00 bits per heavy atom. The topological polar surface area (TPSA) is 72.8 Å². The van der Waals surface area contributed by atoms with E-state index in [1.165, 1.54) is 0 Å². The third-order valence-corrected chi connectivity index (χ3v) is 3.71. The Kier molecular flexibility index (Phi) is 3.56. The first-order valence-corrected chi connectivity index (χ1v) is 6.93. The number of amides is 1. The molecule has 3 rings (SSSR count). The molecule has 0 radical (unpaired) electrons. The van der Waals surface area contributed by atoms with Crippen LogP contribution in [0.15, 0.2) is 55.1 Å². The number of phenolic OH excluding ortho intramolecular Hbond substituents is 1. The molecule has 0 saturated carbocycles. The SMILES string of the molecule is C=CCc1cccc([C@@H]2Nc3ccccc3C(=O)N2O)c1O. The summed E-state index contributed by atoms with van der Waals surface area (Å²) < 4.78 is 0. The molecule has 0 bridgehead atoms. The highest BCUT2D eigenvalue weighted by atomic mass is 16.5. The summed E-state index contributed by atoms with van der Waals surface area (Å²) >= 11 is 0. The van der Waals surface area contributed by atoms with Crippen LogP contribution in [0.5, 0.6) is 5.75 Å². The summed E-state index contributed by atoms with van der Waals surface area (Å²) in [5.74, 6) is -0.459. The number of hydroxylamine groups is 2. The number of aromatic hydroxyl groups is 1. The van der Waals surface area contributed by atoms with Gasteiger partial charge in [0.25, 0.3) is 5.91 Å². The number of hydrogen-bond donors (Lipinski definition) is 3. The van der Waals surface area contributed by atoms with E-state index in [1.807, 2.05) is 0 Å². The highest BCUT2D eigenvalue weighted by Gasteiger charge is 2.33. The van der Waals surface area contributed by atoms with Crippen LogP contribution < -0.4 is 5.32 Å². The van der Waals surface area contributed by atoms with E-state index < -0.39 is 12.1 Å². The number of hydrogen-bond acceptors (Lipinski definition) is 4. The lowest BCUT2D eigenvalue weighted by Crippen LogP contribution is -2.40. The maximum Gasteiger partial charge on any atom is 0.281 e. The van der Waals surface area contributed by atoms with Crippen molar-refractivity contribution in [3.8, 4) is 5.75 Å². The number of allylic oxidation sites excluding steroid dienone is 1. The lowest BCUT2D eigenvalue weighted by atomic mass is 10.0. The molecule has 0 spiro atoms. The molecular formula is C17H16N2O3. The number of para-hydroxylation sites is 2. The van der Waals surface area contributed by atoms with Gasteiger partial charge in [-0.3, -0.25) is 10.0 Å². The minimum Gasteiger partial charge on any atom is -0.507 e. The van der Waals surface area contributed by atoms with Gasteiger partial charge in [-0.2, -0.15) is 5.06 Å². The number of fused-ring (bicyclic) bond motifs is 1. The Hall–Kier alpha value is -2.79. The van der Waals surface area contributed by atoms with Gasteiger partial charge >= 0.3 is 0 Å². The van der Waals surface area contributed by atoms with Crippen LogP contribution in [0, 0.1) is 0 Å². The molecule has 112 valence electrons. The van der Waals surface area contributed by atoms with Gasteiger partial charge in [0, 0.05) is 11.3 Å². The average molecular weight is 296 g/mol. The zero-order valence-electron chi connectivity index (χ0n) is 11.9. The summed E-state index contributed by atoms with van der Waals surface area (Å²) in [6, 6.07) is 12.2. The second-order valence-corrected chi connectivity index (χ2v) is 5.09. The monoisotopic (exact) mass is 296 g/mol. The molecule has 1 aliphatic heterocycles. The van der Waals surface area contributed by atoms with E-state index in [0.717, 1.165) is 0 Å². The average Bonchev–Trinajstić information content (AvgIpc) is 2.53. The van der Waals surface area contributed by atoms with Crippen molar-refractivity contribution in [3.63, 3.8) is 0 Å². The second-order valence-electron chi connectivity index (χ2n) is 5.09. The minimum atomic E-state index is -0.841. The van der Waals surface area contributed by atoms with Crippen LogP contribution in [-0.4, -0.2) is 21.3 Å². The zero-order valence-corrected chi connectivity index (χ0v) is 11.9. The predicted octanol–water partition coefficient (Wildman–Crippen LogP) is 3.08. The van der Waals surface area contributed by atoms with E-state index >= 15 is 0 Å². The van der Waals surface area contributed by atoms with Crippen molar-refractivity contribution >= 4 is 11.6 Å². The fourth-order valence-electron chi connectivity index (χ4n) is 2.61. The fourth-order valence-corrected chi connectivity index (χ4v) is 2.61. The Labute approximate surface area is 128 Å². The first kappa shape index (κ1) is 14.2. The van der Waals surface area contributed by atoms with Crippen molar-refractivity contribution in [2.24, 2.45) is 0 Å². The van der Waals surface area contributed by atoms with Crippen molar-refractivity contribution in [2.45, 2.75) is 12.6 Å². The number of carbonyl (C=O) groups excluding carboxylic acids is 1. The fraction of sp³-hybridized carbons (Fsp3) is 0.118. The van der Waals surface area contributed by atoms with Crippen LogP contribution in [0.3, 0.4) is 0 Å². The Morgan fingerprint density at radius 3 is 2.77 bits per heavy atom. The molecule has 5 heteroatoms. The van der Waals surface area contributed by atoms with Gasteiger partial charge in [-0.25, -0.2) is 0 Å². The van der Waals surface area contributed by atoms with Crippen LogP contribution in [0.1, 0.15) is 27.7 Å². The number of phenols is 1. The van der Waals surface area contributed by atoms with E-state index in [4.69, 9.17) is 0 Å². The van der Waals surface area contributed by atoms with Crippen LogP contribution in [-0.2, 0) is 6.42 Å². The number of carbonyl (C=O) groups is 1. The first-order valence-electron chi connectivity index (χ1n) is 6.93. The van der Waals surface area contributed by atoms with Gasteiger partial charge in [0.05, 0.1) is 5.56 Å². The molecule has 3 N–H and O–H groups in total. The highest BCUT2D eigenvalue weighted by Crippen LogP contribution is 2.36. The lowest BCUT2D eigenvalue weighted by Gasteiger charge is -2.34. The quantitative estimate of drug-likeness (QED) is 0.601. The van der Waals surface area contributed by atoms with Crippen molar-refractivity contribution < 1.29 is 15.1 Å². The minimum absolute atomic E-state index is 0.0473. The molecule has 1 atom stereocenters.